The van der Waals surface area contributed by atoms with Gasteiger partial charge in [0.05, 0.1) is 37.2 Å². The number of hydrogen-bond acceptors (Lipinski definition) is 6. The van der Waals surface area contributed by atoms with E-state index in [1.807, 2.05) is 18.3 Å². The normalized spacial score (nSPS) is 16.4. The van der Waals surface area contributed by atoms with E-state index in [9.17, 15) is 0 Å². The molecule has 2 aromatic rings. The van der Waals surface area contributed by atoms with Gasteiger partial charge in [0.25, 0.3) is 0 Å². The second-order valence-corrected chi connectivity index (χ2v) is 7.56. The Labute approximate surface area is 158 Å². The van der Waals surface area contributed by atoms with Gasteiger partial charge in [-0.2, -0.15) is 5.10 Å². The van der Waals surface area contributed by atoms with Gasteiger partial charge in [0, 0.05) is 42.2 Å². The molecule has 1 aliphatic heterocycles. The van der Waals surface area contributed by atoms with Gasteiger partial charge in [0.1, 0.15) is 0 Å². The van der Waals surface area contributed by atoms with Crippen LogP contribution in [0.25, 0.3) is 0 Å². The van der Waals surface area contributed by atoms with Crippen molar-refractivity contribution in [2.75, 3.05) is 31.2 Å². The minimum absolute atomic E-state index is 0.194. The molecule has 0 bridgehead atoms. The fourth-order valence-corrected chi connectivity index (χ4v) is 3.64. The maximum absolute atomic E-state index is 5.37. The Morgan fingerprint density at radius 3 is 2.75 bits per heavy atom. The van der Waals surface area contributed by atoms with E-state index in [2.05, 4.69) is 74.4 Å². The summed E-state index contributed by atoms with van der Waals surface area (Å²) in [5.74, 6) is 0.923. The number of pyridine rings is 1. The summed E-state index contributed by atoms with van der Waals surface area (Å²) in [4.78, 5) is 6.70. The van der Waals surface area contributed by atoms with Crippen LogP contribution in [0.1, 0.15) is 24.4 Å². The predicted octanol–water partition coefficient (Wildman–Crippen LogP) is 2.12. The van der Waals surface area contributed by atoms with E-state index in [0.29, 0.717) is 0 Å². The van der Waals surface area contributed by atoms with Crippen LogP contribution >= 0.6 is 32.1 Å². The highest BCUT2D eigenvalue weighted by Gasteiger charge is 2.18. The van der Waals surface area contributed by atoms with E-state index in [-0.39, 0.29) is 6.04 Å². The summed E-state index contributed by atoms with van der Waals surface area (Å²) in [7, 11) is 2.75. The zero-order valence-corrected chi connectivity index (χ0v) is 16.9. The molecule has 0 saturated carbocycles. The van der Waals surface area contributed by atoms with Gasteiger partial charge in [-0.15, -0.1) is 14.3 Å². The van der Waals surface area contributed by atoms with Crippen LogP contribution in [0.15, 0.2) is 30.5 Å². The van der Waals surface area contributed by atoms with Crippen molar-refractivity contribution in [3.63, 3.8) is 0 Å². The molecular weight excluding hydrogens is 436 g/mol. The second kappa shape index (κ2) is 8.47. The molecule has 2 aromatic heterocycles. The van der Waals surface area contributed by atoms with Gasteiger partial charge in [-0.05, 0) is 30.4 Å². The van der Waals surface area contributed by atoms with Crippen LogP contribution in [0.5, 0.6) is 0 Å². The Morgan fingerprint density at radius 2 is 2.08 bits per heavy atom. The van der Waals surface area contributed by atoms with Crippen LogP contribution in [-0.4, -0.2) is 44.6 Å². The highest BCUT2D eigenvalue weighted by atomic mass is 127. The lowest BCUT2D eigenvalue weighted by Crippen LogP contribution is -2.36. The molecule has 0 radical (unpaired) electrons. The lowest BCUT2D eigenvalue weighted by atomic mass is 10.2. The molecule has 0 aromatic carbocycles. The lowest BCUT2D eigenvalue weighted by Gasteiger charge is -2.27. The number of ether oxygens (including phenoxy) is 1. The summed E-state index contributed by atoms with van der Waals surface area (Å²) in [6.45, 7) is 6.13. The molecule has 1 aliphatic rings. The van der Waals surface area contributed by atoms with E-state index in [4.69, 9.17) is 4.74 Å². The van der Waals surface area contributed by atoms with Crippen molar-refractivity contribution in [2.24, 2.45) is 0 Å². The van der Waals surface area contributed by atoms with Gasteiger partial charge in [-0.1, -0.05) is 6.07 Å². The van der Waals surface area contributed by atoms with Crippen LogP contribution in [0.3, 0.4) is 0 Å². The standard InChI is InChI=1S/C16H21IN5OP/c1-12(16-14(24)3-2-6-18-16)22(17)11-13-4-5-15(20-19-13)21-7-9-23-10-8-21/h2-6,12H,7-11,24H2,1H3/t12-/m1/s1. The molecule has 0 aliphatic carbocycles. The molecule has 8 heteroatoms. The molecular formula is C16H21IN5OP. The van der Waals surface area contributed by atoms with Crippen LogP contribution in [0.2, 0.25) is 0 Å². The first kappa shape index (κ1) is 17.9. The smallest absolute Gasteiger partial charge is 0.151 e. The maximum atomic E-state index is 5.37. The van der Waals surface area contributed by atoms with Crippen molar-refractivity contribution >= 4 is 43.2 Å². The number of halogens is 1. The molecule has 1 saturated heterocycles. The van der Waals surface area contributed by atoms with Gasteiger partial charge in [0.15, 0.2) is 5.82 Å². The average Bonchev–Trinajstić information content (AvgIpc) is 2.63. The van der Waals surface area contributed by atoms with Gasteiger partial charge in [-0.3, -0.25) is 4.98 Å². The van der Waals surface area contributed by atoms with Crippen molar-refractivity contribution in [2.45, 2.75) is 19.5 Å². The summed E-state index contributed by atoms with van der Waals surface area (Å²) in [6.07, 6.45) is 1.83. The SMILES string of the molecule is C[C@H](c1ncccc1P)N(I)Cc1ccc(N2CCOCC2)nn1. The second-order valence-electron chi connectivity index (χ2n) is 5.69. The van der Waals surface area contributed by atoms with E-state index in [0.717, 1.165) is 55.4 Å². The van der Waals surface area contributed by atoms with E-state index < -0.39 is 0 Å². The zero-order chi connectivity index (χ0) is 16.9. The fraction of sp³-hybridized carbons (Fsp3) is 0.438. The molecule has 3 heterocycles. The quantitative estimate of drug-likeness (QED) is 0.390. The van der Waals surface area contributed by atoms with Crippen molar-refractivity contribution in [1.82, 2.24) is 18.3 Å². The largest absolute Gasteiger partial charge is 0.378 e. The predicted molar refractivity (Wildman–Crippen MR) is 107 cm³/mol. The Balaban J connectivity index is 1.64. The summed E-state index contributed by atoms with van der Waals surface area (Å²) in [5.41, 5.74) is 2.02. The van der Waals surface area contributed by atoms with E-state index >= 15 is 0 Å². The summed E-state index contributed by atoms with van der Waals surface area (Å²) < 4.78 is 7.57. The third-order valence-electron chi connectivity index (χ3n) is 4.04. The van der Waals surface area contributed by atoms with E-state index in [1.165, 1.54) is 0 Å². The monoisotopic (exact) mass is 457 g/mol. The molecule has 3 rings (SSSR count). The average molecular weight is 457 g/mol. The minimum Gasteiger partial charge on any atom is -0.378 e. The van der Waals surface area contributed by atoms with Crippen LogP contribution in [-0.2, 0) is 11.3 Å². The lowest BCUT2D eigenvalue weighted by molar-refractivity contribution is 0.122. The third-order valence-corrected chi connectivity index (χ3v) is 5.71. The first-order valence-electron chi connectivity index (χ1n) is 7.93. The van der Waals surface area contributed by atoms with Gasteiger partial charge >= 0.3 is 0 Å². The molecule has 0 spiro atoms. The summed E-state index contributed by atoms with van der Waals surface area (Å²) in [5, 5.41) is 9.89. The van der Waals surface area contributed by atoms with Crippen LogP contribution in [0, 0.1) is 0 Å². The van der Waals surface area contributed by atoms with Crippen LogP contribution in [0.4, 0.5) is 5.82 Å². The van der Waals surface area contributed by atoms with Gasteiger partial charge in [0.2, 0.25) is 0 Å². The summed E-state index contributed by atoms with van der Waals surface area (Å²) in [6, 6.07) is 8.30. The van der Waals surface area contributed by atoms with Gasteiger partial charge < -0.3 is 9.64 Å². The number of hydrogen-bond donors (Lipinski definition) is 0. The fourth-order valence-electron chi connectivity index (χ4n) is 2.60. The Bertz CT molecular complexity index is 666. The van der Waals surface area contributed by atoms with Crippen molar-refractivity contribution in [3.05, 3.63) is 41.9 Å². The number of rotatable bonds is 5. The first-order valence-corrected chi connectivity index (χ1v) is 9.47. The Morgan fingerprint density at radius 1 is 1.29 bits per heavy atom. The molecule has 1 fully saturated rings. The van der Waals surface area contributed by atoms with Crippen molar-refractivity contribution in [1.29, 1.82) is 0 Å². The molecule has 1 unspecified atom stereocenters. The zero-order valence-electron chi connectivity index (χ0n) is 13.6. The number of morpholine rings is 1. The first-order chi connectivity index (χ1) is 11.6. The van der Waals surface area contributed by atoms with Crippen LogP contribution < -0.4 is 10.2 Å². The molecule has 2 atom stereocenters. The molecule has 0 N–H and O–H groups in total. The number of nitrogens with zero attached hydrogens (tertiary/aromatic N) is 5. The maximum Gasteiger partial charge on any atom is 0.151 e. The molecule has 6 nitrogen and oxygen atoms in total. The third kappa shape index (κ3) is 4.39. The Hall–Kier alpha value is -0.890. The molecule has 0 amide bonds. The van der Waals surface area contributed by atoms with Gasteiger partial charge in [-0.25, -0.2) is 3.11 Å². The van der Waals surface area contributed by atoms with Crippen molar-refractivity contribution < 1.29 is 4.74 Å². The highest BCUT2D eigenvalue weighted by Crippen LogP contribution is 2.24. The van der Waals surface area contributed by atoms with Crippen molar-refractivity contribution in [3.8, 4) is 0 Å². The molecule has 128 valence electrons. The topological polar surface area (TPSA) is 54.4 Å². The number of anilines is 1. The number of aromatic nitrogens is 3. The Kier molecular flexibility index (Phi) is 6.32. The highest BCUT2D eigenvalue weighted by molar-refractivity contribution is 14.1. The van der Waals surface area contributed by atoms with E-state index in [1.54, 1.807) is 0 Å². The summed E-state index contributed by atoms with van der Waals surface area (Å²) >= 11 is 2.33. The minimum atomic E-state index is 0.194. The molecule has 24 heavy (non-hydrogen) atoms.